The minimum Gasteiger partial charge on any atom is -0.378 e. The molecule has 0 aliphatic carbocycles. The zero-order chi connectivity index (χ0) is 12.4. The Morgan fingerprint density at radius 2 is 2.28 bits per heavy atom. The molecular weight excluding hydrogens is 226 g/mol. The molecule has 3 heterocycles. The summed E-state index contributed by atoms with van der Waals surface area (Å²) in [6, 6.07) is 6.89. The number of pyridine rings is 1. The van der Waals surface area contributed by atoms with Gasteiger partial charge < -0.3 is 14.6 Å². The number of fused-ring (bicyclic) bond motifs is 1. The number of rotatable bonds is 3. The van der Waals surface area contributed by atoms with Gasteiger partial charge in [0, 0.05) is 25.0 Å². The summed E-state index contributed by atoms with van der Waals surface area (Å²) in [5, 5.41) is 3.42. The van der Waals surface area contributed by atoms with Crippen molar-refractivity contribution in [2.24, 2.45) is 0 Å². The zero-order valence-electron chi connectivity index (χ0n) is 10.7. The lowest BCUT2D eigenvalue weighted by Gasteiger charge is -2.27. The minimum absolute atomic E-state index is 0.568. The second-order valence-corrected chi connectivity index (χ2v) is 4.83. The molecule has 1 aliphatic rings. The summed E-state index contributed by atoms with van der Waals surface area (Å²) in [4.78, 5) is 4.45. The van der Waals surface area contributed by atoms with Gasteiger partial charge >= 0.3 is 0 Å². The highest BCUT2D eigenvalue weighted by Crippen LogP contribution is 2.28. The van der Waals surface area contributed by atoms with Crippen molar-refractivity contribution in [3.63, 3.8) is 0 Å². The molecule has 0 atom stereocenters. The van der Waals surface area contributed by atoms with Crippen LogP contribution in [0.3, 0.4) is 0 Å². The first-order chi connectivity index (χ1) is 8.90. The van der Waals surface area contributed by atoms with Crippen LogP contribution in [0.5, 0.6) is 0 Å². The second-order valence-electron chi connectivity index (χ2n) is 4.83. The van der Waals surface area contributed by atoms with Gasteiger partial charge in [0.25, 0.3) is 0 Å². The number of hydrogen-bond acceptors (Lipinski definition) is 3. The van der Waals surface area contributed by atoms with Gasteiger partial charge in [-0.15, -0.1) is 0 Å². The van der Waals surface area contributed by atoms with E-state index in [-0.39, 0.29) is 0 Å². The van der Waals surface area contributed by atoms with Gasteiger partial charge in [0.1, 0.15) is 0 Å². The van der Waals surface area contributed by atoms with Crippen molar-refractivity contribution in [1.82, 2.24) is 14.9 Å². The van der Waals surface area contributed by atoms with Crippen LogP contribution in [-0.2, 0) is 11.3 Å². The van der Waals surface area contributed by atoms with Crippen molar-refractivity contribution in [3.8, 4) is 0 Å². The van der Waals surface area contributed by atoms with Gasteiger partial charge in [0.15, 0.2) is 0 Å². The number of piperidine rings is 1. The third kappa shape index (κ3) is 2.02. The first kappa shape index (κ1) is 11.7. The number of hydrogen-bond donors (Lipinski definition) is 1. The lowest BCUT2D eigenvalue weighted by Crippen LogP contribution is -2.30. The van der Waals surface area contributed by atoms with E-state index in [1.807, 2.05) is 12.3 Å². The third-order valence-electron chi connectivity index (χ3n) is 3.65. The summed E-state index contributed by atoms with van der Waals surface area (Å²) in [6.45, 7) is 2.84. The summed E-state index contributed by atoms with van der Waals surface area (Å²) in [6.07, 6.45) is 4.20. The van der Waals surface area contributed by atoms with E-state index in [0.717, 1.165) is 18.6 Å². The molecule has 1 saturated heterocycles. The fraction of sp³-hybridized carbons (Fsp3) is 0.500. The topological polar surface area (TPSA) is 39.1 Å². The van der Waals surface area contributed by atoms with Crippen LogP contribution in [0.25, 0.3) is 11.0 Å². The summed E-state index contributed by atoms with van der Waals surface area (Å²) in [5.41, 5.74) is 3.54. The van der Waals surface area contributed by atoms with Gasteiger partial charge in [-0.2, -0.15) is 0 Å². The van der Waals surface area contributed by atoms with Crippen LogP contribution in [0.4, 0.5) is 0 Å². The van der Waals surface area contributed by atoms with E-state index in [9.17, 15) is 0 Å². The second kappa shape index (κ2) is 5.08. The van der Waals surface area contributed by atoms with Crippen molar-refractivity contribution in [1.29, 1.82) is 0 Å². The maximum Gasteiger partial charge on any atom is 0.0884 e. The zero-order valence-corrected chi connectivity index (χ0v) is 10.7. The standard InChI is InChI=1S/C14H19N3O/c1-18-10-12-9-13-14(3-2-6-16-13)17(12)11-4-7-15-8-5-11/h2-3,6,9,11,15H,4-5,7-8,10H2,1H3. The van der Waals surface area contributed by atoms with Crippen LogP contribution < -0.4 is 5.32 Å². The smallest absolute Gasteiger partial charge is 0.0884 e. The Kier molecular flexibility index (Phi) is 3.30. The monoisotopic (exact) mass is 245 g/mol. The number of methoxy groups -OCH3 is 1. The van der Waals surface area contributed by atoms with Crippen LogP contribution in [0.15, 0.2) is 24.4 Å². The predicted molar refractivity (Wildman–Crippen MR) is 71.6 cm³/mol. The molecule has 0 unspecified atom stereocenters. The van der Waals surface area contributed by atoms with Crippen molar-refractivity contribution < 1.29 is 4.74 Å². The van der Waals surface area contributed by atoms with Gasteiger partial charge in [-0.05, 0) is 44.1 Å². The Labute approximate surface area is 107 Å². The fourth-order valence-electron chi connectivity index (χ4n) is 2.86. The number of nitrogens with zero attached hydrogens (tertiary/aromatic N) is 2. The van der Waals surface area contributed by atoms with Crippen LogP contribution in [0.2, 0.25) is 0 Å². The quantitative estimate of drug-likeness (QED) is 0.900. The van der Waals surface area contributed by atoms with Crippen molar-refractivity contribution >= 4 is 11.0 Å². The minimum atomic E-state index is 0.568. The molecule has 4 heteroatoms. The number of nitrogens with one attached hydrogen (secondary N) is 1. The first-order valence-corrected chi connectivity index (χ1v) is 6.54. The molecule has 2 aromatic heterocycles. The maximum absolute atomic E-state index is 5.32. The van der Waals surface area contributed by atoms with E-state index in [2.05, 4.69) is 27.0 Å². The number of aromatic nitrogens is 2. The molecular formula is C14H19N3O. The Morgan fingerprint density at radius 3 is 3.06 bits per heavy atom. The molecule has 2 aromatic rings. The van der Waals surface area contributed by atoms with Crippen molar-refractivity contribution in [2.75, 3.05) is 20.2 Å². The SMILES string of the molecule is COCc1cc2ncccc2n1C1CCNCC1. The highest BCUT2D eigenvalue weighted by Gasteiger charge is 2.20. The molecule has 0 aromatic carbocycles. The molecule has 0 amide bonds. The molecule has 1 fully saturated rings. The van der Waals surface area contributed by atoms with E-state index in [1.165, 1.54) is 24.1 Å². The van der Waals surface area contributed by atoms with E-state index >= 15 is 0 Å². The van der Waals surface area contributed by atoms with E-state index in [4.69, 9.17) is 4.74 Å². The van der Waals surface area contributed by atoms with Crippen molar-refractivity contribution in [3.05, 3.63) is 30.1 Å². The Morgan fingerprint density at radius 1 is 1.44 bits per heavy atom. The normalized spacial score (nSPS) is 17.4. The Hall–Kier alpha value is -1.39. The Bertz CT molecular complexity index is 529. The summed E-state index contributed by atoms with van der Waals surface area (Å²) in [5.74, 6) is 0. The highest BCUT2D eigenvalue weighted by atomic mass is 16.5. The van der Waals surface area contributed by atoms with Crippen LogP contribution in [0.1, 0.15) is 24.6 Å². The molecule has 1 aliphatic heterocycles. The van der Waals surface area contributed by atoms with Crippen molar-refractivity contribution in [2.45, 2.75) is 25.5 Å². The molecule has 96 valence electrons. The summed E-state index contributed by atoms with van der Waals surface area (Å²) >= 11 is 0. The molecule has 3 rings (SSSR count). The molecule has 0 bridgehead atoms. The van der Waals surface area contributed by atoms with Crippen LogP contribution in [-0.4, -0.2) is 29.8 Å². The maximum atomic E-state index is 5.32. The summed E-state index contributed by atoms with van der Waals surface area (Å²) in [7, 11) is 1.75. The molecule has 18 heavy (non-hydrogen) atoms. The van der Waals surface area contributed by atoms with E-state index < -0.39 is 0 Å². The molecule has 0 saturated carbocycles. The van der Waals surface area contributed by atoms with Crippen LogP contribution >= 0.6 is 0 Å². The number of ether oxygens (including phenoxy) is 1. The average molecular weight is 245 g/mol. The predicted octanol–water partition coefficient (Wildman–Crippen LogP) is 2.11. The lowest BCUT2D eigenvalue weighted by molar-refractivity contribution is 0.175. The average Bonchev–Trinajstić information content (AvgIpc) is 2.78. The lowest BCUT2D eigenvalue weighted by atomic mass is 10.1. The molecule has 1 N–H and O–H groups in total. The Balaban J connectivity index is 2.07. The molecule has 4 nitrogen and oxygen atoms in total. The molecule has 0 spiro atoms. The van der Waals surface area contributed by atoms with Gasteiger partial charge in [-0.3, -0.25) is 4.98 Å². The van der Waals surface area contributed by atoms with E-state index in [1.54, 1.807) is 7.11 Å². The van der Waals surface area contributed by atoms with Gasteiger partial charge in [-0.1, -0.05) is 0 Å². The molecule has 0 radical (unpaired) electrons. The first-order valence-electron chi connectivity index (χ1n) is 6.54. The third-order valence-corrected chi connectivity index (χ3v) is 3.65. The van der Waals surface area contributed by atoms with Gasteiger partial charge in [-0.25, -0.2) is 0 Å². The van der Waals surface area contributed by atoms with Gasteiger partial charge in [0.2, 0.25) is 0 Å². The summed E-state index contributed by atoms with van der Waals surface area (Å²) < 4.78 is 7.75. The fourth-order valence-corrected chi connectivity index (χ4v) is 2.86. The van der Waals surface area contributed by atoms with Gasteiger partial charge in [0.05, 0.1) is 17.6 Å². The highest BCUT2D eigenvalue weighted by molar-refractivity contribution is 5.77. The van der Waals surface area contributed by atoms with Crippen LogP contribution in [0, 0.1) is 0 Å². The van der Waals surface area contributed by atoms with E-state index in [0.29, 0.717) is 12.6 Å². The largest absolute Gasteiger partial charge is 0.378 e.